The van der Waals surface area contributed by atoms with E-state index in [0.29, 0.717) is 51.8 Å². The molecule has 1 fully saturated rings. The molecule has 13 heteroatoms. The van der Waals surface area contributed by atoms with E-state index in [-0.39, 0.29) is 12.5 Å². The third-order valence-corrected chi connectivity index (χ3v) is 9.23. The zero-order valence-electron chi connectivity index (χ0n) is 25.7. The highest BCUT2D eigenvalue weighted by molar-refractivity contribution is 7.88. The summed E-state index contributed by atoms with van der Waals surface area (Å²) >= 11 is 0. The highest BCUT2D eigenvalue weighted by Crippen LogP contribution is 2.35. The van der Waals surface area contributed by atoms with E-state index in [0.717, 1.165) is 46.6 Å². The molecule has 240 valence electrons. The van der Waals surface area contributed by atoms with Gasteiger partial charge in [0.1, 0.15) is 17.2 Å². The number of rotatable bonds is 9. The SMILES string of the molecule is CS(=O)(=O)NCc1cc(F)cc(-c2ccnc3[nH]c(-c4n[nH]c5ncc(-c6cncc(NC(=O)CC7CCCCC7)c6)cc45)cc23)c1. The number of hydrogen-bond acceptors (Lipinski definition) is 7. The number of sulfonamides is 1. The van der Waals surface area contributed by atoms with Crippen LogP contribution >= 0.6 is 0 Å². The molecule has 0 unspecified atom stereocenters. The topological polar surface area (TPSA) is 158 Å². The maximum absolute atomic E-state index is 14.6. The Labute approximate surface area is 270 Å². The first-order valence-electron chi connectivity index (χ1n) is 15.5. The number of amides is 1. The number of hydrogen-bond donors (Lipinski definition) is 4. The lowest BCUT2D eigenvalue weighted by Gasteiger charge is -2.20. The molecule has 0 aliphatic heterocycles. The molecular formula is C34H33FN8O3S. The number of aromatic nitrogens is 6. The highest BCUT2D eigenvalue weighted by atomic mass is 32.2. The molecule has 0 atom stereocenters. The van der Waals surface area contributed by atoms with Crippen molar-refractivity contribution in [2.45, 2.75) is 45.1 Å². The van der Waals surface area contributed by atoms with Crippen molar-refractivity contribution in [2.24, 2.45) is 5.92 Å². The molecule has 0 saturated heterocycles. The summed E-state index contributed by atoms with van der Waals surface area (Å²) in [4.78, 5) is 29.5. The van der Waals surface area contributed by atoms with Crippen LogP contribution in [0, 0.1) is 11.7 Å². The van der Waals surface area contributed by atoms with E-state index >= 15 is 0 Å². The van der Waals surface area contributed by atoms with Crippen LogP contribution in [-0.2, 0) is 21.4 Å². The number of carbonyl (C=O) groups excluding carboxylic acids is 1. The average Bonchev–Trinajstić information content (AvgIpc) is 3.68. The van der Waals surface area contributed by atoms with E-state index in [9.17, 15) is 17.6 Å². The maximum atomic E-state index is 14.6. The van der Waals surface area contributed by atoms with Crippen LogP contribution in [0.25, 0.3) is 55.7 Å². The fourth-order valence-electron chi connectivity index (χ4n) is 6.33. The number of H-pyrrole nitrogens is 2. The van der Waals surface area contributed by atoms with Gasteiger partial charge >= 0.3 is 0 Å². The number of benzene rings is 1. The van der Waals surface area contributed by atoms with Gasteiger partial charge in [0.2, 0.25) is 15.9 Å². The van der Waals surface area contributed by atoms with Gasteiger partial charge in [0.25, 0.3) is 0 Å². The molecule has 11 nitrogen and oxygen atoms in total. The van der Waals surface area contributed by atoms with Crippen LogP contribution in [0.3, 0.4) is 0 Å². The summed E-state index contributed by atoms with van der Waals surface area (Å²) in [5, 5.41) is 12.1. The van der Waals surface area contributed by atoms with Crippen LogP contribution in [0.5, 0.6) is 0 Å². The van der Waals surface area contributed by atoms with Crippen molar-refractivity contribution in [3.05, 3.63) is 78.6 Å². The van der Waals surface area contributed by atoms with Crippen molar-refractivity contribution < 1.29 is 17.6 Å². The van der Waals surface area contributed by atoms with Crippen LogP contribution in [0.1, 0.15) is 44.1 Å². The number of fused-ring (bicyclic) bond motifs is 2. The fourth-order valence-corrected chi connectivity index (χ4v) is 6.76. The summed E-state index contributed by atoms with van der Waals surface area (Å²) in [7, 11) is -3.44. The van der Waals surface area contributed by atoms with Gasteiger partial charge in [-0.05, 0) is 77.9 Å². The molecule has 0 radical (unpaired) electrons. The monoisotopic (exact) mass is 652 g/mol. The third-order valence-electron chi connectivity index (χ3n) is 8.56. The lowest BCUT2D eigenvalue weighted by molar-refractivity contribution is -0.117. The molecule has 5 aromatic heterocycles. The smallest absolute Gasteiger partial charge is 0.224 e. The molecule has 1 aliphatic carbocycles. The molecule has 6 aromatic rings. The van der Waals surface area contributed by atoms with Crippen LogP contribution < -0.4 is 10.0 Å². The van der Waals surface area contributed by atoms with Crippen LogP contribution in [0.2, 0.25) is 0 Å². The van der Waals surface area contributed by atoms with E-state index < -0.39 is 15.8 Å². The van der Waals surface area contributed by atoms with Crippen molar-refractivity contribution in [3.63, 3.8) is 0 Å². The molecule has 1 aromatic carbocycles. The van der Waals surface area contributed by atoms with Gasteiger partial charge in [-0.2, -0.15) is 5.10 Å². The first kappa shape index (κ1) is 30.6. The summed E-state index contributed by atoms with van der Waals surface area (Å²) in [5.41, 5.74) is 6.53. The lowest BCUT2D eigenvalue weighted by atomic mass is 9.87. The van der Waals surface area contributed by atoms with Crippen LogP contribution in [-0.4, -0.2) is 50.7 Å². The molecule has 47 heavy (non-hydrogen) atoms. The van der Waals surface area contributed by atoms with Gasteiger partial charge < -0.3 is 10.3 Å². The second-order valence-corrected chi connectivity index (χ2v) is 14.0. The first-order valence-corrected chi connectivity index (χ1v) is 17.4. The number of nitrogens with zero attached hydrogens (tertiary/aromatic N) is 4. The van der Waals surface area contributed by atoms with Gasteiger partial charge in [0.15, 0.2) is 5.65 Å². The first-order chi connectivity index (χ1) is 22.7. The minimum atomic E-state index is -3.44. The minimum absolute atomic E-state index is 0.00775. The van der Waals surface area contributed by atoms with Gasteiger partial charge in [0, 0.05) is 53.5 Å². The van der Waals surface area contributed by atoms with Crippen molar-refractivity contribution in [3.8, 4) is 33.6 Å². The molecule has 1 amide bonds. The average molecular weight is 653 g/mol. The largest absolute Gasteiger partial charge is 0.338 e. The zero-order chi connectivity index (χ0) is 32.5. The fraction of sp³-hybridized carbons (Fsp3) is 0.265. The standard InChI is InChI=1S/C34H33FN8O3S/c1-47(45,46)39-16-21-9-22(12-25(35)10-21)27-7-8-37-33-28(27)15-30(41-33)32-29-14-24(18-38-34(29)43-42-32)23-13-26(19-36-17-23)40-31(44)11-20-5-3-2-4-6-20/h7-10,12-15,17-20,39H,2-6,11,16H2,1H3,(H,37,41)(H,40,44)(H,38,42,43). The Morgan fingerprint density at radius 1 is 0.936 bits per heavy atom. The molecule has 0 spiro atoms. The quantitative estimate of drug-likeness (QED) is 0.142. The Morgan fingerprint density at radius 3 is 2.60 bits per heavy atom. The van der Waals surface area contributed by atoms with Gasteiger partial charge in [-0.15, -0.1) is 0 Å². The summed E-state index contributed by atoms with van der Waals surface area (Å²) in [6, 6.07) is 12.0. The van der Waals surface area contributed by atoms with E-state index in [2.05, 4.69) is 40.2 Å². The molecule has 1 saturated carbocycles. The Balaban J connectivity index is 1.18. The molecule has 7 rings (SSSR count). The Hall–Kier alpha value is -5.01. The van der Waals surface area contributed by atoms with Crippen LogP contribution in [0.4, 0.5) is 10.1 Å². The predicted molar refractivity (Wildman–Crippen MR) is 179 cm³/mol. The second-order valence-electron chi connectivity index (χ2n) is 12.2. The minimum Gasteiger partial charge on any atom is -0.338 e. The number of nitrogens with one attached hydrogen (secondary N) is 4. The Bertz CT molecular complexity index is 2220. The van der Waals surface area contributed by atoms with Crippen molar-refractivity contribution in [1.82, 2.24) is 34.9 Å². The number of aromatic amines is 2. The van der Waals surface area contributed by atoms with Gasteiger partial charge in [-0.25, -0.2) is 27.5 Å². The molecule has 5 heterocycles. The molecular weight excluding hydrogens is 619 g/mol. The van der Waals surface area contributed by atoms with Gasteiger partial charge in [0.05, 0.1) is 23.8 Å². The van der Waals surface area contributed by atoms with Crippen LogP contribution in [0.15, 0.2) is 67.3 Å². The second kappa shape index (κ2) is 12.6. The van der Waals surface area contributed by atoms with Gasteiger partial charge in [-0.3, -0.25) is 14.9 Å². The van der Waals surface area contributed by atoms with Gasteiger partial charge in [-0.1, -0.05) is 19.3 Å². The zero-order valence-corrected chi connectivity index (χ0v) is 26.5. The highest BCUT2D eigenvalue weighted by Gasteiger charge is 2.19. The normalized spacial score (nSPS) is 14.2. The third kappa shape index (κ3) is 6.91. The van der Waals surface area contributed by atoms with E-state index in [4.69, 9.17) is 0 Å². The van der Waals surface area contributed by atoms with Crippen molar-refractivity contribution in [1.29, 1.82) is 0 Å². The molecule has 1 aliphatic rings. The van der Waals surface area contributed by atoms with Crippen molar-refractivity contribution in [2.75, 3.05) is 11.6 Å². The summed E-state index contributed by atoms with van der Waals surface area (Å²) in [6.45, 7) is -0.0317. The van der Waals surface area contributed by atoms with E-state index in [1.165, 1.54) is 31.4 Å². The van der Waals surface area contributed by atoms with Crippen molar-refractivity contribution >= 4 is 43.7 Å². The number of carbonyl (C=O) groups is 1. The Morgan fingerprint density at radius 2 is 1.77 bits per heavy atom. The number of pyridine rings is 3. The lowest BCUT2D eigenvalue weighted by Crippen LogP contribution is -2.21. The summed E-state index contributed by atoms with van der Waals surface area (Å²) < 4.78 is 40.3. The van der Waals surface area contributed by atoms with E-state index in [1.54, 1.807) is 36.9 Å². The summed E-state index contributed by atoms with van der Waals surface area (Å²) in [6.07, 6.45) is 14.2. The summed E-state index contributed by atoms with van der Waals surface area (Å²) in [5.74, 6) is -0.0290. The molecule has 0 bridgehead atoms. The number of anilines is 1. The molecule has 4 N–H and O–H groups in total. The number of halogens is 1. The predicted octanol–water partition coefficient (Wildman–Crippen LogP) is 6.33. The van der Waals surface area contributed by atoms with E-state index in [1.807, 2.05) is 18.2 Å². The maximum Gasteiger partial charge on any atom is 0.224 e. The Kier molecular flexibility index (Phi) is 8.24.